The number of aromatic nitrogens is 1. The van der Waals surface area contributed by atoms with Crippen LogP contribution in [0.3, 0.4) is 0 Å². The van der Waals surface area contributed by atoms with Crippen molar-refractivity contribution in [1.82, 2.24) is 10.3 Å². The van der Waals surface area contributed by atoms with Gasteiger partial charge in [-0.15, -0.1) is 11.3 Å². The van der Waals surface area contributed by atoms with Gasteiger partial charge in [0.15, 0.2) is 0 Å². The van der Waals surface area contributed by atoms with Crippen LogP contribution in [-0.4, -0.2) is 16.4 Å². The molecule has 0 aromatic carbocycles. The van der Waals surface area contributed by atoms with Crippen LogP contribution < -0.4 is 11.1 Å². The Hall–Kier alpha value is -0.940. The van der Waals surface area contributed by atoms with E-state index in [1.807, 2.05) is 19.2 Å². The Morgan fingerprint density at radius 2 is 2.40 bits per heavy atom. The van der Waals surface area contributed by atoms with Crippen LogP contribution in [0.5, 0.6) is 0 Å². The maximum atomic E-state index is 11.7. The number of nitrogens with zero attached hydrogens (tertiary/aromatic N) is 1. The van der Waals surface area contributed by atoms with Gasteiger partial charge in [0, 0.05) is 5.38 Å². The molecule has 2 rings (SSSR count). The molecule has 3 N–H and O–H groups in total. The van der Waals surface area contributed by atoms with E-state index in [-0.39, 0.29) is 11.9 Å². The SMILES string of the molecule is Cc1nc(C(C)NC(=O)C2(N)CC2)cs1. The minimum atomic E-state index is -0.598. The summed E-state index contributed by atoms with van der Waals surface area (Å²) >= 11 is 1.59. The largest absolute Gasteiger partial charge is 0.346 e. The van der Waals surface area contributed by atoms with Crippen molar-refractivity contribution in [3.05, 3.63) is 16.1 Å². The highest BCUT2D eigenvalue weighted by Gasteiger charge is 2.46. The summed E-state index contributed by atoms with van der Waals surface area (Å²) in [5.74, 6) is -0.0550. The van der Waals surface area contributed by atoms with Crippen molar-refractivity contribution >= 4 is 17.2 Å². The number of rotatable bonds is 3. The van der Waals surface area contributed by atoms with E-state index in [2.05, 4.69) is 10.3 Å². The Kier molecular flexibility index (Phi) is 2.52. The van der Waals surface area contributed by atoms with E-state index < -0.39 is 5.54 Å². The molecule has 15 heavy (non-hydrogen) atoms. The maximum Gasteiger partial charge on any atom is 0.240 e. The van der Waals surface area contributed by atoms with Crippen LogP contribution in [0, 0.1) is 6.92 Å². The van der Waals surface area contributed by atoms with Gasteiger partial charge in [-0.1, -0.05) is 0 Å². The first kappa shape index (κ1) is 10.6. The first-order valence-electron chi connectivity index (χ1n) is 5.03. The number of amides is 1. The van der Waals surface area contributed by atoms with E-state index in [0.717, 1.165) is 23.5 Å². The van der Waals surface area contributed by atoms with Crippen LogP contribution in [0.2, 0.25) is 0 Å². The van der Waals surface area contributed by atoms with E-state index in [1.165, 1.54) is 0 Å². The molecule has 1 saturated carbocycles. The van der Waals surface area contributed by atoms with E-state index in [1.54, 1.807) is 11.3 Å². The molecule has 1 aromatic heterocycles. The zero-order valence-corrected chi connectivity index (χ0v) is 9.73. The quantitative estimate of drug-likeness (QED) is 0.810. The predicted molar refractivity (Wildman–Crippen MR) is 59.6 cm³/mol. The molecule has 0 aliphatic heterocycles. The molecule has 1 fully saturated rings. The Labute approximate surface area is 92.9 Å². The second-order valence-electron chi connectivity index (χ2n) is 4.14. The Balaban J connectivity index is 1.97. The molecule has 0 bridgehead atoms. The third-order valence-corrected chi connectivity index (χ3v) is 3.46. The number of thiazole rings is 1. The lowest BCUT2D eigenvalue weighted by Crippen LogP contribution is -2.43. The molecule has 1 atom stereocenters. The Bertz CT molecular complexity index is 384. The predicted octanol–water partition coefficient (Wildman–Crippen LogP) is 1.12. The van der Waals surface area contributed by atoms with Crippen LogP contribution in [0.25, 0.3) is 0 Å². The number of nitrogens with two attached hydrogens (primary N) is 1. The maximum absolute atomic E-state index is 11.7. The van der Waals surface area contributed by atoms with Gasteiger partial charge in [0.1, 0.15) is 0 Å². The molecule has 1 aliphatic carbocycles. The van der Waals surface area contributed by atoms with Gasteiger partial charge in [0.05, 0.1) is 22.3 Å². The third kappa shape index (κ3) is 2.18. The summed E-state index contributed by atoms with van der Waals surface area (Å²) in [5.41, 5.74) is 6.11. The number of hydrogen-bond acceptors (Lipinski definition) is 4. The Morgan fingerprint density at radius 3 is 2.87 bits per heavy atom. The number of carbonyl (C=O) groups excluding carboxylic acids is 1. The number of carbonyl (C=O) groups is 1. The first-order valence-corrected chi connectivity index (χ1v) is 5.91. The van der Waals surface area contributed by atoms with Gasteiger partial charge in [-0.25, -0.2) is 4.98 Å². The van der Waals surface area contributed by atoms with Gasteiger partial charge in [-0.05, 0) is 26.7 Å². The van der Waals surface area contributed by atoms with Crippen molar-refractivity contribution in [3.8, 4) is 0 Å². The van der Waals surface area contributed by atoms with Gasteiger partial charge < -0.3 is 11.1 Å². The molecular formula is C10H15N3OS. The van der Waals surface area contributed by atoms with E-state index >= 15 is 0 Å². The van der Waals surface area contributed by atoms with Gasteiger partial charge in [0.2, 0.25) is 5.91 Å². The second kappa shape index (κ2) is 3.57. The molecule has 82 valence electrons. The summed E-state index contributed by atoms with van der Waals surface area (Å²) in [6.07, 6.45) is 1.59. The van der Waals surface area contributed by atoms with Crippen molar-refractivity contribution in [2.24, 2.45) is 5.73 Å². The molecule has 0 saturated heterocycles. The van der Waals surface area contributed by atoms with Crippen LogP contribution >= 0.6 is 11.3 Å². The highest BCUT2D eigenvalue weighted by molar-refractivity contribution is 7.09. The standard InChI is InChI=1S/C10H15N3OS/c1-6(8-5-15-7(2)13-8)12-9(14)10(11)3-4-10/h5-6H,3-4,11H2,1-2H3,(H,12,14). The van der Waals surface area contributed by atoms with Crippen molar-refractivity contribution in [3.63, 3.8) is 0 Å². The molecule has 5 heteroatoms. The summed E-state index contributed by atoms with van der Waals surface area (Å²) in [6, 6.07) is -0.0523. The fourth-order valence-electron chi connectivity index (χ4n) is 1.36. The highest BCUT2D eigenvalue weighted by Crippen LogP contribution is 2.32. The summed E-state index contributed by atoms with van der Waals surface area (Å²) in [7, 11) is 0. The second-order valence-corrected chi connectivity index (χ2v) is 5.20. The normalized spacial score (nSPS) is 19.7. The van der Waals surface area contributed by atoms with Crippen molar-refractivity contribution in [2.75, 3.05) is 0 Å². The lowest BCUT2D eigenvalue weighted by molar-refractivity contribution is -0.123. The lowest BCUT2D eigenvalue weighted by atomic mass is 10.2. The van der Waals surface area contributed by atoms with Gasteiger partial charge in [-0.2, -0.15) is 0 Å². The summed E-state index contributed by atoms with van der Waals surface area (Å²) < 4.78 is 0. The van der Waals surface area contributed by atoms with Gasteiger partial charge >= 0.3 is 0 Å². The Morgan fingerprint density at radius 1 is 1.73 bits per heavy atom. The molecular weight excluding hydrogens is 210 g/mol. The topological polar surface area (TPSA) is 68.0 Å². The number of aryl methyl sites for hydroxylation is 1. The zero-order chi connectivity index (χ0) is 11.1. The fourth-order valence-corrected chi connectivity index (χ4v) is 2.06. The monoisotopic (exact) mass is 225 g/mol. The van der Waals surface area contributed by atoms with Crippen LogP contribution in [0.1, 0.15) is 36.5 Å². The summed E-state index contributed by atoms with van der Waals surface area (Å²) in [4.78, 5) is 16.0. The number of nitrogens with one attached hydrogen (secondary N) is 1. The van der Waals surface area contributed by atoms with Gasteiger partial charge in [-0.3, -0.25) is 4.79 Å². The molecule has 1 aromatic rings. The molecule has 1 unspecified atom stereocenters. The van der Waals surface area contributed by atoms with Crippen molar-refractivity contribution < 1.29 is 4.79 Å². The number of hydrogen-bond donors (Lipinski definition) is 2. The molecule has 0 radical (unpaired) electrons. The van der Waals surface area contributed by atoms with E-state index in [4.69, 9.17) is 5.73 Å². The van der Waals surface area contributed by atoms with Crippen LogP contribution in [0.4, 0.5) is 0 Å². The minimum Gasteiger partial charge on any atom is -0.346 e. The van der Waals surface area contributed by atoms with Crippen molar-refractivity contribution in [2.45, 2.75) is 38.3 Å². The first-order chi connectivity index (χ1) is 7.01. The lowest BCUT2D eigenvalue weighted by Gasteiger charge is -2.14. The van der Waals surface area contributed by atoms with Crippen LogP contribution in [-0.2, 0) is 4.79 Å². The third-order valence-electron chi connectivity index (χ3n) is 2.67. The van der Waals surface area contributed by atoms with Crippen LogP contribution in [0.15, 0.2) is 5.38 Å². The summed E-state index contributed by atoms with van der Waals surface area (Å²) in [6.45, 7) is 3.88. The highest BCUT2D eigenvalue weighted by atomic mass is 32.1. The molecule has 1 aliphatic rings. The van der Waals surface area contributed by atoms with E-state index in [9.17, 15) is 4.79 Å². The fraction of sp³-hybridized carbons (Fsp3) is 0.600. The van der Waals surface area contributed by atoms with Gasteiger partial charge in [0.25, 0.3) is 0 Å². The molecule has 4 nitrogen and oxygen atoms in total. The molecule has 1 amide bonds. The minimum absolute atomic E-state index is 0.0523. The zero-order valence-electron chi connectivity index (χ0n) is 8.91. The average molecular weight is 225 g/mol. The molecule has 1 heterocycles. The molecule has 0 spiro atoms. The van der Waals surface area contributed by atoms with E-state index in [0.29, 0.717) is 0 Å². The smallest absolute Gasteiger partial charge is 0.240 e. The van der Waals surface area contributed by atoms with Crippen molar-refractivity contribution in [1.29, 1.82) is 0 Å². The summed E-state index contributed by atoms with van der Waals surface area (Å²) in [5, 5.41) is 5.87. The average Bonchev–Trinajstić information content (AvgIpc) is 2.77.